The van der Waals surface area contributed by atoms with Gasteiger partial charge in [0.15, 0.2) is 0 Å². The van der Waals surface area contributed by atoms with Crippen molar-refractivity contribution in [3.8, 4) is 0 Å². The van der Waals surface area contributed by atoms with Gasteiger partial charge in [-0.1, -0.05) is 35.9 Å². The Morgan fingerprint density at radius 3 is 2.22 bits per heavy atom. The number of hydrogen-bond acceptors (Lipinski definition) is 3. The van der Waals surface area contributed by atoms with Crippen LogP contribution in [-0.2, 0) is 22.6 Å². The quantitative estimate of drug-likeness (QED) is 0.711. The highest BCUT2D eigenvalue weighted by Crippen LogP contribution is 2.14. The maximum atomic E-state index is 12.0. The van der Waals surface area contributed by atoms with Gasteiger partial charge >= 0.3 is 6.03 Å². The van der Waals surface area contributed by atoms with Crippen molar-refractivity contribution >= 4 is 29.2 Å². The van der Waals surface area contributed by atoms with Crippen LogP contribution in [0.5, 0.6) is 0 Å². The zero-order valence-electron chi connectivity index (χ0n) is 14.8. The number of urea groups is 1. The highest BCUT2D eigenvalue weighted by Gasteiger charge is 2.22. The molecule has 3 N–H and O–H groups in total. The van der Waals surface area contributed by atoms with Crippen LogP contribution in [-0.4, -0.2) is 25.2 Å². The fourth-order valence-corrected chi connectivity index (χ4v) is 2.87. The predicted octanol–water partition coefficient (Wildman–Crippen LogP) is 3.31. The van der Waals surface area contributed by atoms with Crippen LogP contribution in [0.15, 0.2) is 48.5 Å². The van der Waals surface area contributed by atoms with Crippen molar-refractivity contribution < 1.29 is 14.3 Å². The SMILES string of the molecule is O=C(NCc1ccc(Cl)cc1)Nc1ccc(CNC(=O)[C@@H]2CCOC2)cc1. The molecule has 0 aliphatic carbocycles. The molecule has 1 saturated heterocycles. The lowest BCUT2D eigenvalue weighted by Crippen LogP contribution is -2.30. The first-order valence-electron chi connectivity index (χ1n) is 8.84. The van der Waals surface area contributed by atoms with E-state index in [4.69, 9.17) is 16.3 Å². The maximum Gasteiger partial charge on any atom is 0.319 e. The van der Waals surface area contributed by atoms with E-state index in [9.17, 15) is 9.59 Å². The summed E-state index contributed by atoms with van der Waals surface area (Å²) in [6.45, 7) is 2.02. The third kappa shape index (κ3) is 5.98. The van der Waals surface area contributed by atoms with E-state index in [0.717, 1.165) is 17.5 Å². The van der Waals surface area contributed by atoms with Gasteiger partial charge in [0.25, 0.3) is 0 Å². The van der Waals surface area contributed by atoms with Gasteiger partial charge in [-0.2, -0.15) is 0 Å². The normalized spacial score (nSPS) is 16.0. The molecular formula is C20H22ClN3O3. The number of hydrogen-bond donors (Lipinski definition) is 3. The first kappa shape index (κ1) is 19.2. The number of ether oxygens (including phenoxy) is 1. The Kier molecular flexibility index (Phi) is 6.68. The molecular weight excluding hydrogens is 366 g/mol. The highest BCUT2D eigenvalue weighted by atomic mass is 35.5. The lowest BCUT2D eigenvalue weighted by Gasteiger charge is -2.11. The molecule has 1 atom stereocenters. The zero-order valence-corrected chi connectivity index (χ0v) is 15.6. The number of nitrogens with one attached hydrogen (secondary N) is 3. The Hall–Kier alpha value is -2.57. The average molecular weight is 388 g/mol. The van der Waals surface area contributed by atoms with Crippen LogP contribution in [0.4, 0.5) is 10.5 Å². The van der Waals surface area contributed by atoms with Crippen LogP contribution in [0.3, 0.4) is 0 Å². The van der Waals surface area contributed by atoms with E-state index in [1.54, 1.807) is 12.1 Å². The third-order valence-corrected chi connectivity index (χ3v) is 4.60. The summed E-state index contributed by atoms with van der Waals surface area (Å²) >= 11 is 5.84. The number of carbonyl (C=O) groups is 2. The molecule has 1 aliphatic heterocycles. The summed E-state index contributed by atoms with van der Waals surface area (Å²) in [6, 6.07) is 14.4. The topological polar surface area (TPSA) is 79.5 Å². The van der Waals surface area contributed by atoms with E-state index in [-0.39, 0.29) is 17.9 Å². The summed E-state index contributed by atoms with van der Waals surface area (Å²) in [4.78, 5) is 24.0. The number of rotatable bonds is 6. The summed E-state index contributed by atoms with van der Waals surface area (Å²) in [5.41, 5.74) is 2.62. The van der Waals surface area contributed by atoms with E-state index in [1.165, 1.54) is 0 Å². The van der Waals surface area contributed by atoms with Crippen LogP contribution < -0.4 is 16.0 Å². The van der Waals surface area contributed by atoms with Crippen molar-refractivity contribution in [2.45, 2.75) is 19.5 Å². The Balaban J connectivity index is 1.42. The molecule has 0 radical (unpaired) electrons. The number of amides is 3. The van der Waals surface area contributed by atoms with Crippen molar-refractivity contribution in [1.82, 2.24) is 10.6 Å². The van der Waals surface area contributed by atoms with Gasteiger partial charge in [-0.3, -0.25) is 4.79 Å². The first-order valence-corrected chi connectivity index (χ1v) is 9.21. The molecule has 0 spiro atoms. The van der Waals surface area contributed by atoms with Gasteiger partial charge in [-0.25, -0.2) is 4.79 Å². The van der Waals surface area contributed by atoms with Crippen LogP contribution in [0.1, 0.15) is 17.5 Å². The molecule has 0 aromatic heterocycles. The number of carbonyl (C=O) groups excluding carboxylic acids is 2. The number of halogens is 1. The molecule has 0 saturated carbocycles. The van der Waals surface area contributed by atoms with E-state index in [0.29, 0.717) is 37.0 Å². The summed E-state index contributed by atoms with van der Waals surface area (Å²) in [5, 5.41) is 9.15. The van der Waals surface area contributed by atoms with Gasteiger partial charge in [0.2, 0.25) is 5.91 Å². The average Bonchev–Trinajstić information content (AvgIpc) is 3.22. The largest absolute Gasteiger partial charge is 0.381 e. The fraction of sp³-hybridized carbons (Fsp3) is 0.300. The molecule has 6 nitrogen and oxygen atoms in total. The smallest absolute Gasteiger partial charge is 0.319 e. The minimum Gasteiger partial charge on any atom is -0.381 e. The van der Waals surface area contributed by atoms with Crippen LogP contribution >= 0.6 is 11.6 Å². The molecule has 1 aliphatic rings. The molecule has 1 fully saturated rings. The minimum atomic E-state index is -0.285. The highest BCUT2D eigenvalue weighted by molar-refractivity contribution is 6.30. The van der Waals surface area contributed by atoms with Crippen molar-refractivity contribution in [2.24, 2.45) is 5.92 Å². The Labute approximate surface area is 163 Å². The van der Waals surface area contributed by atoms with Crippen LogP contribution in [0, 0.1) is 5.92 Å². The van der Waals surface area contributed by atoms with Crippen molar-refractivity contribution in [3.63, 3.8) is 0 Å². The Morgan fingerprint density at radius 2 is 1.59 bits per heavy atom. The predicted molar refractivity (Wildman–Crippen MR) is 105 cm³/mol. The van der Waals surface area contributed by atoms with Gasteiger partial charge in [0, 0.05) is 30.4 Å². The van der Waals surface area contributed by atoms with Crippen molar-refractivity contribution in [3.05, 3.63) is 64.7 Å². The summed E-state index contributed by atoms with van der Waals surface area (Å²) in [7, 11) is 0. The fourth-order valence-electron chi connectivity index (χ4n) is 2.74. The lowest BCUT2D eigenvalue weighted by atomic mass is 10.1. The summed E-state index contributed by atoms with van der Waals surface area (Å²) in [5.74, 6) is -0.0217. The molecule has 2 aromatic rings. The second-order valence-electron chi connectivity index (χ2n) is 6.41. The van der Waals surface area contributed by atoms with Gasteiger partial charge < -0.3 is 20.7 Å². The second kappa shape index (κ2) is 9.39. The molecule has 3 rings (SSSR count). The van der Waals surface area contributed by atoms with Gasteiger partial charge in [-0.05, 0) is 41.8 Å². The van der Waals surface area contributed by atoms with E-state index < -0.39 is 0 Å². The number of benzene rings is 2. The zero-order chi connectivity index (χ0) is 19.1. The standard InChI is InChI=1S/C20H22ClN3O3/c21-17-5-1-14(2-6-17)12-23-20(26)24-18-7-3-15(4-8-18)11-22-19(25)16-9-10-27-13-16/h1-8,16H,9-13H2,(H,22,25)(H2,23,24,26)/t16-/m1/s1. The molecule has 7 heteroatoms. The molecule has 0 bridgehead atoms. The van der Waals surface area contributed by atoms with Crippen LogP contribution in [0.25, 0.3) is 0 Å². The molecule has 27 heavy (non-hydrogen) atoms. The second-order valence-corrected chi connectivity index (χ2v) is 6.85. The third-order valence-electron chi connectivity index (χ3n) is 4.35. The monoisotopic (exact) mass is 387 g/mol. The molecule has 2 aromatic carbocycles. The number of anilines is 1. The molecule has 142 valence electrons. The minimum absolute atomic E-state index is 0.0243. The molecule has 0 unspecified atom stereocenters. The lowest BCUT2D eigenvalue weighted by molar-refractivity contribution is -0.125. The Bertz CT molecular complexity index is 772. The summed E-state index contributed by atoms with van der Waals surface area (Å²) < 4.78 is 5.22. The molecule has 3 amide bonds. The van der Waals surface area contributed by atoms with Gasteiger partial charge in [0.1, 0.15) is 0 Å². The van der Waals surface area contributed by atoms with Crippen LogP contribution in [0.2, 0.25) is 5.02 Å². The molecule has 1 heterocycles. The maximum absolute atomic E-state index is 12.0. The Morgan fingerprint density at radius 1 is 0.963 bits per heavy atom. The van der Waals surface area contributed by atoms with E-state index in [1.807, 2.05) is 36.4 Å². The first-order chi connectivity index (χ1) is 13.1. The van der Waals surface area contributed by atoms with E-state index >= 15 is 0 Å². The van der Waals surface area contributed by atoms with Crippen molar-refractivity contribution in [1.29, 1.82) is 0 Å². The summed E-state index contributed by atoms with van der Waals surface area (Å²) in [6.07, 6.45) is 0.778. The van der Waals surface area contributed by atoms with E-state index in [2.05, 4.69) is 16.0 Å². The van der Waals surface area contributed by atoms with Gasteiger partial charge in [-0.15, -0.1) is 0 Å². The van der Waals surface area contributed by atoms with Crippen molar-refractivity contribution in [2.75, 3.05) is 18.5 Å². The van der Waals surface area contributed by atoms with Gasteiger partial charge in [0.05, 0.1) is 12.5 Å².